The third-order valence-electron chi connectivity index (χ3n) is 4.42. The Kier molecular flexibility index (Phi) is 5.48. The number of rotatable bonds is 5. The average molecular weight is 317 g/mol. The lowest BCUT2D eigenvalue weighted by atomic mass is 9.76. The number of nitrogens with one attached hydrogen (secondary N) is 1. The molecule has 1 amide bonds. The topological polar surface area (TPSA) is 29.1 Å². The van der Waals surface area contributed by atoms with E-state index in [2.05, 4.69) is 5.32 Å². The van der Waals surface area contributed by atoms with Gasteiger partial charge in [0.1, 0.15) is 11.6 Å². The molecule has 0 saturated heterocycles. The molecule has 0 aromatic heterocycles. The van der Waals surface area contributed by atoms with Crippen LogP contribution in [0.25, 0.3) is 0 Å². The first-order valence-electron chi connectivity index (χ1n) is 7.66. The Morgan fingerprint density at radius 3 is 1.48 bits per heavy atom. The van der Waals surface area contributed by atoms with Gasteiger partial charge in [0.2, 0.25) is 5.91 Å². The number of hydrogen-bond acceptors (Lipinski definition) is 1. The molecule has 0 heterocycles. The lowest BCUT2D eigenvalue weighted by Crippen LogP contribution is -2.34. The maximum absolute atomic E-state index is 13.1. The fraction of sp³-hybridized carbons (Fsp3) is 0.316. The van der Waals surface area contributed by atoms with Gasteiger partial charge < -0.3 is 5.32 Å². The first-order valence-corrected chi connectivity index (χ1v) is 7.66. The van der Waals surface area contributed by atoms with Gasteiger partial charge in [0, 0.05) is 7.05 Å². The van der Waals surface area contributed by atoms with Gasteiger partial charge in [-0.05, 0) is 47.2 Å². The van der Waals surface area contributed by atoms with Crippen molar-refractivity contribution in [1.82, 2.24) is 5.32 Å². The number of carbonyl (C=O) groups excluding carboxylic acids is 1. The SMILES string of the molecule is CNC(=O)C(C(C)c1ccc(F)cc1)C(C)c1ccc(F)cc1. The molecule has 2 unspecified atom stereocenters. The number of carbonyl (C=O) groups is 1. The van der Waals surface area contributed by atoms with Crippen molar-refractivity contribution in [2.45, 2.75) is 25.7 Å². The summed E-state index contributed by atoms with van der Waals surface area (Å²) in [6.07, 6.45) is 0. The fourth-order valence-electron chi connectivity index (χ4n) is 3.00. The third kappa shape index (κ3) is 3.95. The summed E-state index contributed by atoms with van der Waals surface area (Å²) in [6, 6.07) is 12.4. The van der Waals surface area contributed by atoms with Crippen molar-refractivity contribution in [3.63, 3.8) is 0 Å². The molecule has 1 N–H and O–H groups in total. The Balaban J connectivity index is 2.34. The standard InChI is InChI=1S/C19H21F2NO/c1-12(14-4-8-16(20)9-5-14)18(19(23)22-3)13(2)15-6-10-17(21)11-7-15/h4-13,18H,1-3H3,(H,22,23). The summed E-state index contributed by atoms with van der Waals surface area (Å²) >= 11 is 0. The van der Waals surface area contributed by atoms with E-state index >= 15 is 0 Å². The van der Waals surface area contributed by atoms with E-state index in [0.29, 0.717) is 0 Å². The van der Waals surface area contributed by atoms with E-state index in [0.717, 1.165) is 11.1 Å². The average Bonchev–Trinajstić information content (AvgIpc) is 2.55. The van der Waals surface area contributed by atoms with Crippen molar-refractivity contribution < 1.29 is 13.6 Å². The second-order valence-corrected chi connectivity index (χ2v) is 5.82. The van der Waals surface area contributed by atoms with Crippen LogP contribution in [0.4, 0.5) is 8.78 Å². The van der Waals surface area contributed by atoms with Crippen molar-refractivity contribution in [2.24, 2.45) is 5.92 Å². The first kappa shape index (κ1) is 17.1. The van der Waals surface area contributed by atoms with Gasteiger partial charge in [0.15, 0.2) is 0 Å². The molecule has 0 aliphatic heterocycles. The number of benzene rings is 2. The van der Waals surface area contributed by atoms with E-state index in [-0.39, 0.29) is 35.3 Å². The van der Waals surface area contributed by atoms with E-state index in [1.165, 1.54) is 24.3 Å². The second kappa shape index (κ2) is 7.36. The van der Waals surface area contributed by atoms with Crippen LogP contribution in [0, 0.1) is 17.6 Å². The van der Waals surface area contributed by atoms with Gasteiger partial charge in [-0.25, -0.2) is 8.78 Å². The molecule has 0 saturated carbocycles. The van der Waals surface area contributed by atoms with Crippen LogP contribution >= 0.6 is 0 Å². The molecule has 2 aromatic carbocycles. The highest BCUT2D eigenvalue weighted by Gasteiger charge is 2.31. The van der Waals surface area contributed by atoms with Gasteiger partial charge in [-0.1, -0.05) is 38.1 Å². The molecule has 0 aliphatic rings. The Morgan fingerprint density at radius 1 is 0.826 bits per heavy atom. The van der Waals surface area contributed by atoms with Crippen LogP contribution in [0.15, 0.2) is 48.5 Å². The van der Waals surface area contributed by atoms with E-state index in [1.54, 1.807) is 31.3 Å². The van der Waals surface area contributed by atoms with Crippen LogP contribution < -0.4 is 5.32 Å². The molecule has 2 nitrogen and oxygen atoms in total. The van der Waals surface area contributed by atoms with Crippen LogP contribution in [0.2, 0.25) is 0 Å². The van der Waals surface area contributed by atoms with Crippen LogP contribution in [-0.2, 0) is 4.79 Å². The molecule has 4 heteroatoms. The van der Waals surface area contributed by atoms with Crippen LogP contribution in [0.1, 0.15) is 36.8 Å². The molecule has 2 aromatic rings. The summed E-state index contributed by atoms with van der Waals surface area (Å²) in [5.41, 5.74) is 1.79. The van der Waals surface area contributed by atoms with E-state index in [1.807, 2.05) is 13.8 Å². The minimum atomic E-state index is -0.337. The van der Waals surface area contributed by atoms with E-state index in [4.69, 9.17) is 0 Å². The predicted molar refractivity (Wildman–Crippen MR) is 87.2 cm³/mol. The highest BCUT2D eigenvalue weighted by atomic mass is 19.1. The molecule has 23 heavy (non-hydrogen) atoms. The second-order valence-electron chi connectivity index (χ2n) is 5.82. The Morgan fingerprint density at radius 2 is 1.17 bits per heavy atom. The van der Waals surface area contributed by atoms with Crippen molar-refractivity contribution >= 4 is 5.91 Å². The van der Waals surface area contributed by atoms with Crippen LogP contribution in [0.3, 0.4) is 0 Å². The number of amides is 1. The number of halogens is 2. The summed E-state index contributed by atoms with van der Waals surface area (Å²) in [5, 5.41) is 2.70. The molecule has 0 aliphatic carbocycles. The molecular formula is C19H21F2NO. The first-order chi connectivity index (χ1) is 10.9. The molecule has 0 radical (unpaired) electrons. The van der Waals surface area contributed by atoms with Crippen LogP contribution in [-0.4, -0.2) is 13.0 Å². The zero-order chi connectivity index (χ0) is 17.0. The monoisotopic (exact) mass is 317 g/mol. The summed E-state index contributed by atoms with van der Waals surface area (Å²) in [6.45, 7) is 3.90. The van der Waals surface area contributed by atoms with Gasteiger partial charge in [0.05, 0.1) is 5.92 Å². The number of hydrogen-bond donors (Lipinski definition) is 1. The molecule has 0 bridgehead atoms. The zero-order valence-electron chi connectivity index (χ0n) is 13.5. The Labute approximate surface area is 135 Å². The minimum absolute atomic E-state index is 0.0846. The van der Waals surface area contributed by atoms with Gasteiger partial charge in [-0.2, -0.15) is 0 Å². The molecule has 2 rings (SSSR count). The Bertz CT molecular complexity index is 601. The largest absolute Gasteiger partial charge is 0.359 e. The minimum Gasteiger partial charge on any atom is -0.359 e. The summed E-state index contributed by atoms with van der Waals surface area (Å²) < 4.78 is 26.2. The van der Waals surface area contributed by atoms with Crippen molar-refractivity contribution in [3.05, 3.63) is 71.3 Å². The molecule has 0 spiro atoms. The third-order valence-corrected chi connectivity index (χ3v) is 4.42. The summed E-state index contributed by atoms with van der Waals surface area (Å²) in [5.74, 6) is -1.23. The summed E-state index contributed by atoms with van der Waals surface area (Å²) in [7, 11) is 1.60. The Hall–Kier alpha value is -2.23. The lowest BCUT2D eigenvalue weighted by Gasteiger charge is -2.29. The van der Waals surface area contributed by atoms with Crippen LogP contribution in [0.5, 0.6) is 0 Å². The summed E-state index contributed by atoms with van der Waals surface area (Å²) in [4.78, 5) is 12.4. The highest BCUT2D eigenvalue weighted by Crippen LogP contribution is 2.36. The fourth-order valence-corrected chi connectivity index (χ4v) is 3.00. The molecule has 0 fully saturated rings. The molecule has 122 valence electrons. The zero-order valence-corrected chi connectivity index (χ0v) is 13.5. The van der Waals surface area contributed by atoms with Gasteiger partial charge >= 0.3 is 0 Å². The van der Waals surface area contributed by atoms with Gasteiger partial charge in [-0.15, -0.1) is 0 Å². The molecule has 2 atom stereocenters. The van der Waals surface area contributed by atoms with Gasteiger partial charge in [-0.3, -0.25) is 4.79 Å². The molecular weight excluding hydrogens is 296 g/mol. The van der Waals surface area contributed by atoms with Crippen molar-refractivity contribution in [3.8, 4) is 0 Å². The normalized spacial score (nSPS) is 14.8. The van der Waals surface area contributed by atoms with E-state index in [9.17, 15) is 13.6 Å². The maximum Gasteiger partial charge on any atom is 0.224 e. The quantitative estimate of drug-likeness (QED) is 0.878. The van der Waals surface area contributed by atoms with E-state index < -0.39 is 0 Å². The maximum atomic E-state index is 13.1. The lowest BCUT2D eigenvalue weighted by molar-refractivity contribution is -0.125. The van der Waals surface area contributed by atoms with Crippen molar-refractivity contribution in [1.29, 1.82) is 0 Å². The highest BCUT2D eigenvalue weighted by molar-refractivity contribution is 5.80. The van der Waals surface area contributed by atoms with Crippen molar-refractivity contribution in [2.75, 3.05) is 7.05 Å². The predicted octanol–water partition coefficient (Wildman–Crippen LogP) is 4.23. The van der Waals surface area contributed by atoms with Gasteiger partial charge in [0.25, 0.3) is 0 Å². The smallest absolute Gasteiger partial charge is 0.224 e.